The Balaban J connectivity index is 2.07. The van der Waals surface area contributed by atoms with Crippen molar-refractivity contribution >= 4 is 0 Å². The molecule has 4 aromatic rings. The molecule has 2 heteroatoms. The Labute approximate surface area is 165 Å². The molecule has 0 amide bonds. The molecular weight excluding hydrogens is 344 g/mol. The van der Waals surface area contributed by atoms with Crippen molar-refractivity contribution in [2.45, 2.75) is 13.8 Å². The molecule has 0 aromatic heterocycles. The quantitative estimate of drug-likeness (QED) is 0.423. The lowest BCUT2D eigenvalue weighted by Crippen LogP contribution is -1.94. The smallest absolute Gasteiger partial charge is 0.119 e. The molecule has 4 aromatic carbocycles. The number of rotatable bonds is 3. The van der Waals surface area contributed by atoms with E-state index < -0.39 is 0 Å². The van der Waals surface area contributed by atoms with Gasteiger partial charge in [-0.2, -0.15) is 0 Å². The summed E-state index contributed by atoms with van der Waals surface area (Å²) in [5.74, 6) is 0.554. The maximum Gasteiger partial charge on any atom is 0.119 e. The molecule has 0 aliphatic heterocycles. The molecule has 4 rings (SSSR count). The maximum atomic E-state index is 10.4. The first-order valence-electron chi connectivity index (χ1n) is 9.34. The molecule has 0 fully saturated rings. The Kier molecular flexibility index (Phi) is 4.62. The normalized spacial score (nSPS) is 10.8. The first-order valence-corrected chi connectivity index (χ1v) is 9.34. The lowest BCUT2D eigenvalue weighted by atomic mass is 9.85. The fraction of sp³-hybridized carbons (Fsp3) is 0.0769. The number of phenols is 2. The fourth-order valence-electron chi connectivity index (χ4n) is 3.80. The first kappa shape index (κ1) is 17.9. The Hall–Kier alpha value is -3.52. The van der Waals surface area contributed by atoms with Crippen molar-refractivity contribution in [2.24, 2.45) is 0 Å². The third-order valence-corrected chi connectivity index (χ3v) is 5.29. The molecule has 0 radical (unpaired) electrons. The van der Waals surface area contributed by atoms with Gasteiger partial charge in [-0.05, 0) is 70.5 Å². The van der Waals surface area contributed by atoms with Crippen molar-refractivity contribution in [1.29, 1.82) is 0 Å². The lowest BCUT2D eigenvalue weighted by Gasteiger charge is -2.19. The van der Waals surface area contributed by atoms with Crippen molar-refractivity contribution in [1.82, 2.24) is 0 Å². The van der Waals surface area contributed by atoms with E-state index >= 15 is 0 Å². The van der Waals surface area contributed by atoms with E-state index in [0.29, 0.717) is 0 Å². The van der Waals surface area contributed by atoms with Crippen LogP contribution in [-0.2, 0) is 0 Å². The van der Waals surface area contributed by atoms with E-state index in [1.54, 1.807) is 12.1 Å². The first-order chi connectivity index (χ1) is 13.6. The second-order valence-electron chi connectivity index (χ2n) is 7.00. The Morgan fingerprint density at radius 2 is 0.821 bits per heavy atom. The van der Waals surface area contributed by atoms with Crippen LogP contribution < -0.4 is 0 Å². The van der Waals surface area contributed by atoms with E-state index in [1.165, 1.54) is 0 Å². The van der Waals surface area contributed by atoms with Gasteiger partial charge in [0.2, 0.25) is 0 Å². The van der Waals surface area contributed by atoms with Gasteiger partial charge in [0.05, 0.1) is 0 Å². The predicted molar refractivity (Wildman–Crippen MR) is 116 cm³/mol. The molecule has 0 saturated heterocycles. The Bertz CT molecular complexity index is 1040. The van der Waals surface area contributed by atoms with Gasteiger partial charge in [-0.1, -0.05) is 72.8 Å². The molecule has 2 nitrogen and oxygen atoms in total. The van der Waals surface area contributed by atoms with Crippen LogP contribution in [0.5, 0.6) is 11.5 Å². The van der Waals surface area contributed by atoms with Crippen molar-refractivity contribution in [3.63, 3.8) is 0 Å². The van der Waals surface area contributed by atoms with Crippen LogP contribution in [0.2, 0.25) is 0 Å². The molecule has 0 aliphatic carbocycles. The molecule has 0 heterocycles. The summed E-state index contributed by atoms with van der Waals surface area (Å²) < 4.78 is 0. The zero-order valence-corrected chi connectivity index (χ0v) is 16.0. The minimum Gasteiger partial charge on any atom is -0.508 e. The van der Waals surface area contributed by atoms with Crippen LogP contribution in [-0.4, -0.2) is 10.2 Å². The molecule has 0 unspecified atom stereocenters. The third-order valence-electron chi connectivity index (χ3n) is 5.29. The van der Waals surface area contributed by atoms with Gasteiger partial charge in [0.25, 0.3) is 0 Å². The summed E-state index contributed by atoms with van der Waals surface area (Å²) in [7, 11) is 0. The van der Waals surface area contributed by atoms with Crippen LogP contribution in [0, 0.1) is 13.8 Å². The van der Waals surface area contributed by atoms with Crippen LogP contribution in [0.15, 0.2) is 84.9 Å². The summed E-state index contributed by atoms with van der Waals surface area (Å²) >= 11 is 0. The largest absolute Gasteiger partial charge is 0.508 e. The van der Waals surface area contributed by atoms with Crippen molar-refractivity contribution in [2.75, 3.05) is 0 Å². The van der Waals surface area contributed by atoms with E-state index in [2.05, 4.69) is 24.3 Å². The molecule has 0 spiro atoms. The van der Waals surface area contributed by atoms with Gasteiger partial charge in [0.15, 0.2) is 0 Å². The van der Waals surface area contributed by atoms with Gasteiger partial charge in [-0.15, -0.1) is 0 Å². The van der Waals surface area contributed by atoms with E-state index in [1.807, 2.05) is 62.4 Å². The minimum atomic E-state index is 0.277. The van der Waals surface area contributed by atoms with Gasteiger partial charge in [0.1, 0.15) is 11.5 Å². The van der Waals surface area contributed by atoms with Gasteiger partial charge in [-0.3, -0.25) is 0 Å². The molecule has 0 aliphatic rings. The molecule has 2 N–H and O–H groups in total. The fourth-order valence-corrected chi connectivity index (χ4v) is 3.80. The molecule has 0 saturated carbocycles. The number of hydrogen-bond acceptors (Lipinski definition) is 2. The Morgan fingerprint density at radius 3 is 1.18 bits per heavy atom. The number of hydrogen-bond donors (Lipinski definition) is 2. The second kappa shape index (κ2) is 7.24. The van der Waals surface area contributed by atoms with Crippen molar-refractivity contribution in [3.8, 4) is 44.9 Å². The van der Waals surface area contributed by atoms with Crippen LogP contribution in [0.3, 0.4) is 0 Å². The standard InChI is InChI=1S/C26H22O2/c1-17-23(27)15-13-21(25(17)19-9-5-3-6-10-19)22-14-16-24(28)18(2)26(22)20-11-7-4-8-12-20/h3-16,27-28H,1-2H3. The highest BCUT2D eigenvalue weighted by molar-refractivity contribution is 5.95. The second-order valence-corrected chi connectivity index (χ2v) is 7.00. The highest BCUT2D eigenvalue weighted by atomic mass is 16.3. The van der Waals surface area contributed by atoms with Crippen LogP contribution in [0.4, 0.5) is 0 Å². The average molecular weight is 366 g/mol. The number of aromatic hydroxyl groups is 2. The van der Waals surface area contributed by atoms with Gasteiger partial charge >= 0.3 is 0 Å². The zero-order valence-electron chi connectivity index (χ0n) is 16.0. The zero-order chi connectivity index (χ0) is 19.7. The van der Waals surface area contributed by atoms with E-state index in [9.17, 15) is 10.2 Å². The molecule has 28 heavy (non-hydrogen) atoms. The summed E-state index contributed by atoms with van der Waals surface area (Å²) in [5, 5.41) is 20.8. The van der Waals surface area contributed by atoms with E-state index in [0.717, 1.165) is 44.5 Å². The van der Waals surface area contributed by atoms with Crippen LogP contribution in [0.25, 0.3) is 33.4 Å². The average Bonchev–Trinajstić information content (AvgIpc) is 2.73. The van der Waals surface area contributed by atoms with Crippen LogP contribution >= 0.6 is 0 Å². The summed E-state index contributed by atoms with van der Waals surface area (Å²) in [4.78, 5) is 0. The lowest BCUT2D eigenvalue weighted by molar-refractivity contribution is 0.470. The van der Waals surface area contributed by atoms with Gasteiger partial charge < -0.3 is 10.2 Å². The topological polar surface area (TPSA) is 40.5 Å². The summed E-state index contributed by atoms with van der Waals surface area (Å²) in [6.45, 7) is 3.88. The van der Waals surface area contributed by atoms with Gasteiger partial charge in [0, 0.05) is 0 Å². The van der Waals surface area contributed by atoms with E-state index in [4.69, 9.17) is 0 Å². The SMILES string of the molecule is Cc1c(O)ccc(-c2ccc(O)c(C)c2-c2ccccc2)c1-c1ccccc1. The maximum absolute atomic E-state index is 10.4. The number of benzene rings is 4. The summed E-state index contributed by atoms with van der Waals surface area (Å²) in [6, 6.07) is 27.6. The summed E-state index contributed by atoms with van der Waals surface area (Å²) in [6.07, 6.45) is 0. The van der Waals surface area contributed by atoms with Gasteiger partial charge in [-0.25, -0.2) is 0 Å². The van der Waals surface area contributed by atoms with Crippen LogP contribution in [0.1, 0.15) is 11.1 Å². The van der Waals surface area contributed by atoms with Crippen molar-refractivity contribution in [3.05, 3.63) is 96.1 Å². The minimum absolute atomic E-state index is 0.277. The molecular formula is C26H22O2. The molecule has 0 atom stereocenters. The monoisotopic (exact) mass is 366 g/mol. The van der Waals surface area contributed by atoms with E-state index in [-0.39, 0.29) is 11.5 Å². The molecule has 0 bridgehead atoms. The third kappa shape index (κ3) is 3.03. The van der Waals surface area contributed by atoms with Crippen molar-refractivity contribution < 1.29 is 10.2 Å². The highest BCUT2D eigenvalue weighted by Gasteiger charge is 2.19. The molecule has 138 valence electrons. The predicted octanol–water partition coefficient (Wildman–Crippen LogP) is 6.72. The highest BCUT2D eigenvalue weighted by Crippen LogP contribution is 2.44. The number of phenolic OH excluding ortho intramolecular Hbond substituents is 2. The summed E-state index contributed by atoms with van der Waals surface area (Å²) in [5.41, 5.74) is 7.85. The Morgan fingerprint density at radius 1 is 0.464 bits per heavy atom.